The van der Waals surface area contributed by atoms with Crippen LogP contribution in [0.3, 0.4) is 0 Å². The average Bonchev–Trinajstić information content (AvgIpc) is 3.04. The summed E-state index contributed by atoms with van der Waals surface area (Å²) >= 11 is 5.30. The summed E-state index contributed by atoms with van der Waals surface area (Å²) < 4.78 is 12.8. The molecular weight excluding hydrogens is 348 g/mol. The number of benzene rings is 2. The summed E-state index contributed by atoms with van der Waals surface area (Å²) in [5, 5.41) is 11.6. The number of nitrogens with zero attached hydrogens (tertiary/aromatic N) is 3. The second-order valence-corrected chi connectivity index (χ2v) is 5.96. The summed E-state index contributed by atoms with van der Waals surface area (Å²) in [6, 6.07) is 15.9. The van der Waals surface area contributed by atoms with E-state index in [9.17, 15) is 0 Å². The molecule has 3 rings (SSSR count). The first-order chi connectivity index (χ1) is 12.7. The summed E-state index contributed by atoms with van der Waals surface area (Å²) in [5.41, 5.74) is 2.04. The zero-order valence-electron chi connectivity index (χ0n) is 14.7. The molecule has 0 fully saturated rings. The first kappa shape index (κ1) is 17.9. The van der Waals surface area contributed by atoms with Gasteiger partial charge in [0.2, 0.25) is 4.77 Å². The first-order valence-electron chi connectivity index (χ1n) is 8.18. The van der Waals surface area contributed by atoms with E-state index in [4.69, 9.17) is 21.7 Å². The van der Waals surface area contributed by atoms with Gasteiger partial charge in [0.15, 0.2) is 17.3 Å². The zero-order valence-corrected chi connectivity index (χ0v) is 15.5. The highest BCUT2D eigenvalue weighted by molar-refractivity contribution is 7.71. The second kappa shape index (κ2) is 8.44. The van der Waals surface area contributed by atoms with Gasteiger partial charge in [0.25, 0.3) is 0 Å². The fourth-order valence-electron chi connectivity index (χ4n) is 2.64. The van der Waals surface area contributed by atoms with Crippen molar-refractivity contribution in [2.45, 2.75) is 12.8 Å². The van der Waals surface area contributed by atoms with Crippen LogP contribution >= 0.6 is 12.2 Å². The number of nitrogens with one attached hydrogen (secondary N) is 1. The van der Waals surface area contributed by atoms with Crippen LogP contribution in [0.1, 0.15) is 17.0 Å². The lowest BCUT2D eigenvalue weighted by Crippen LogP contribution is -2.02. The molecular formula is C19H20N4O2S. The quantitative estimate of drug-likeness (QED) is 0.511. The van der Waals surface area contributed by atoms with Gasteiger partial charge in [-0.15, -0.1) is 0 Å². The van der Waals surface area contributed by atoms with Crippen molar-refractivity contribution in [3.63, 3.8) is 0 Å². The van der Waals surface area contributed by atoms with Crippen LogP contribution in [0.5, 0.6) is 11.5 Å². The third-order valence-electron chi connectivity index (χ3n) is 3.94. The molecule has 0 radical (unpaired) electrons. The Morgan fingerprint density at radius 1 is 1.08 bits per heavy atom. The van der Waals surface area contributed by atoms with E-state index >= 15 is 0 Å². The van der Waals surface area contributed by atoms with E-state index in [0.717, 1.165) is 24.2 Å². The van der Waals surface area contributed by atoms with Gasteiger partial charge in [-0.25, -0.2) is 0 Å². The number of aromatic amines is 1. The molecule has 1 N–H and O–H groups in total. The summed E-state index contributed by atoms with van der Waals surface area (Å²) in [4.78, 5) is 0. The Morgan fingerprint density at radius 3 is 2.62 bits per heavy atom. The van der Waals surface area contributed by atoms with Gasteiger partial charge in [-0.05, 0) is 36.3 Å². The monoisotopic (exact) mass is 368 g/mol. The van der Waals surface area contributed by atoms with E-state index in [1.54, 1.807) is 25.1 Å². The van der Waals surface area contributed by atoms with Crippen LogP contribution < -0.4 is 9.47 Å². The Morgan fingerprint density at radius 2 is 1.88 bits per heavy atom. The van der Waals surface area contributed by atoms with E-state index in [2.05, 4.69) is 27.4 Å². The molecule has 134 valence electrons. The van der Waals surface area contributed by atoms with Crippen LogP contribution in [-0.2, 0) is 12.8 Å². The van der Waals surface area contributed by atoms with Crippen molar-refractivity contribution in [2.75, 3.05) is 14.2 Å². The highest BCUT2D eigenvalue weighted by Gasteiger charge is 2.09. The van der Waals surface area contributed by atoms with Crippen LogP contribution in [0.15, 0.2) is 53.6 Å². The van der Waals surface area contributed by atoms with Crippen molar-refractivity contribution < 1.29 is 9.47 Å². The molecule has 2 aromatic carbocycles. The molecule has 6 nitrogen and oxygen atoms in total. The molecule has 0 aliphatic heterocycles. The molecule has 3 aromatic rings. The fraction of sp³-hybridized carbons (Fsp3) is 0.211. The molecule has 0 saturated heterocycles. The largest absolute Gasteiger partial charge is 0.493 e. The predicted molar refractivity (Wildman–Crippen MR) is 104 cm³/mol. The normalized spacial score (nSPS) is 11.0. The van der Waals surface area contributed by atoms with Gasteiger partial charge in [-0.3, -0.25) is 5.10 Å². The Labute approximate surface area is 157 Å². The van der Waals surface area contributed by atoms with Gasteiger partial charge in [0.05, 0.1) is 20.4 Å². The minimum Gasteiger partial charge on any atom is -0.493 e. The molecule has 0 spiro atoms. The molecule has 0 aliphatic rings. The summed E-state index contributed by atoms with van der Waals surface area (Å²) in [5.74, 6) is 2.05. The van der Waals surface area contributed by atoms with Crippen molar-refractivity contribution in [1.82, 2.24) is 14.9 Å². The van der Waals surface area contributed by atoms with Crippen molar-refractivity contribution in [3.05, 3.63) is 70.3 Å². The molecule has 7 heteroatoms. The number of methoxy groups -OCH3 is 2. The third kappa shape index (κ3) is 4.00. The van der Waals surface area contributed by atoms with Crippen LogP contribution in [0.2, 0.25) is 0 Å². The van der Waals surface area contributed by atoms with Crippen LogP contribution in [0.4, 0.5) is 0 Å². The molecule has 0 aliphatic carbocycles. The van der Waals surface area contributed by atoms with Gasteiger partial charge < -0.3 is 9.47 Å². The number of hydrogen-bond donors (Lipinski definition) is 1. The Bertz CT molecular complexity index is 948. The smallest absolute Gasteiger partial charge is 0.216 e. The molecule has 1 aromatic heterocycles. The van der Waals surface area contributed by atoms with E-state index in [0.29, 0.717) is 16.3 Å². The number of para-hydroxylation sites is 1. The standard InChI is InChI=1S/C19H20N4O2S/c1-24-16-10-6-9-15(18(16)25-2)13-20-23-17(21-22-19(23)26)12-11-14-7-4-3-5-8-14/h3-10,13H,11-12H2,1-2H3,(H,22,26)/b20-13-. The molecule has 0 amide bonds. The molecule has 1 heterocycles. The lowest BCUT2D eigenvalue weighted by atomic mass is 10.1. The summed E-state index contributed by atoms with van der Waals surface area (Å²) in [6.07, 6.45) is 3.28. The highest BCUT2D eigenvalue weighted by atomic mass is 32.1. The number of hydrogen-bond acceptors (Lipinski definition) is 5. The van der Waals surface area contributed by atoms with E-state index in [1.165, 1.54) is 5.56 Å². The van der Waals surface area contributed by atoms with Crippen LogP contribution in [-0.4, -0.2) is 35.3 Å². The molecule has 0 bridgehead atoms. The third-order valence-corrected chi connectivity index (χ3v) is 4.21. The Balaban J connectivity index is 1.83. The van der Waals surface area contributed by atoms with Crippen LogP contribution in [0, 0.1) is 4.77 Å². The first-order valence-corrected chi connectivity index (χ1v) is 8.59. The van der Waals surface area contributed by atoms with Gasteiger partial charge in [0, 0.05) is 12.0 Å². The number of H-pyrrole nitrogens is 1. The number of aromatic nitrogens is 3. The molecule has 26 heavy (non-hydrogen) atoms. The summed E-state index contributed by atoms with van der Waals surface area (Å²) in [6.45, 7) is 0. The van der Waals surface area contributed by atoms with E-state index in [1.807, 2.05) is 36.4 Å². The van der Waals surface area contributed by atoms with Gasteiger partial charge >= 0.3 is 0 Å². The zero-order chi connectivity index (χ0) is 18.4. The van der Waals surface area contributed by atoms with Gasteiger partial charge in [-0.2, -0.15) is 14.9 Å². The van der Waals surface area contributed by atoms with Crippen molar-refractivity contribution >= 4 is 18.4 Å². The number of ether oxygens (including phenoxy) is 2. The van der Waals surface area contributed by atoms with Crippen LogP contribution in [0.25, 0.3) is 0 Å². The maximum Gasteiger partial charge on any atom is 0.216 e. The minimum atomic E-state index is 0.450. The SMILES string of the molecule is COc1cccc(/C=N\n2c(CCc3ccccc3)n[nH]c2=S)c1OC. The molecule has 0 atom stereocenters. The van der Waals surface area contributed by atoms with Gasteiger partial charge in [-0.1, -0.05) is 36.4 Å². The predicted octanol–water partition coefficient (Wildman–Crippen LogP) is 3.63. The van der Waals surface area contributed by atoms with Crippen molar-refractivity contribution in [3.8, 4) is 11.5 Å². The second-order valence-electron chi connectivity index (χ2n) is 5.57. The van der Waals surface area contributed by atoms with Crippen molar-refractivity contribution in [2.24, 2.45) is 5.10 Å². The highest BCUT2D eigenvalue weighted by Crippen LogP contribution is 2.29. The van der Waals surface area contributed by atoms with E-state index in [-0.39, 0.29) is 0 Å². The number of aryl methyl sites for hydroxylation is 2. The topological polar surface area (TPSA) is 64.4 Å². The lowest BCUT2D eigenvalue weighted by molar-refractivity contribution is 0.354. The maximum atomic E-state index is 5.43. The number of rotatable bonds is 7. The Hall–Kier alpha value is -2.93. The lowest BCUT2D eigenvalue weighted by Gasteiger charge is -2.09. The van der Waals surface area contributed by atoms with E-state index < -0.39 is 0 Å². The van der Waals surface area contributed by atoms with Gasteiger partial charge in [0.1, 0.15) is 0 Å². The Kier molecular flexibility index (Phi) is 5.80. The molecule has 0 saturated carbocycles. The maximum absolute atomic E-state index is 5.43. The molecule has 0 unspecified atom stereocenters. The average molecular weight is 368 g/mol. The minimum absolute atomic E-state index is 0.450. The fourth-order valence-corrected chi connectivity index (χ4v) is 2.84. The van der Waals surface area contributed by atoms with Crippen molar-refractivity contribution in [1.29, 1.82) is 0 Å². The summed E-state index contributed by atoms with van der Waals surface area (Å²) in [7, 11) is 3.20.